The van der Waals surface area contributed by atoms with Gasteiger partial charge in [-0.15, -0.1) is 0 Å². The molecule has 1 atom stereocenters. The zero-order chi connectivity index (χ0) is 15.1. The van der Waals surface area contributed by atoms with Crippen LogP contribution in [0.1, 0.15) is 37.3 Å². The molecule has 1 rings (SSSR count). The minimum absolute atomic E-state index is 0.262. The third-order valence-corrected chi connectivity index (χ3v) is 3.37. The third-order valence-electron chi connectivity index (χ3n) is 3.37. The molecule has 0 aliphatic heterocycles. The predicted octanol–water partition coefficient (Wildman–Crippen LogP) is 2.65. The fraction of sp³-hybridized carbons (Fsp3) is 0.562. The molecule has 0 aliphatic carbocycles. The van der Waals surface area contributed by atoms with E-state index >= 15 is 0 Å². The SMILES string of the molecule is CNC(CCOc1ccc(C(C)C)c(C)c1)C(=O)OC. The Morgan fingerprint density at radius 2 is 2.05 bits per heavy atom. The average Bonchev–Trinajstić information content (AvgIpc) is 2.42. The van der Waals surface area contributed by atoms with E-state index in [1.807, 2.05) is 12.1 Å². The van der Waals surface area contributed by atoms with Crippen LogP contribution in [0.4, 0.5) is 0 Å². The Balaban J connectivity index is 2.54. The first-order chi connectivity index (χ1) is 9.49. The summed E-state index contributed by atoms with van der Waals surface area (Å²) in [5, 5.41) is 2.92. The molecular weight excluding hydrogens is 254 g/mol. The Kier molecular flexibility index (Phi) is 6.52. The molecule has 1 unspecified atom stereocenters. The van der Waals surface area contributed by atoms with Gasteiger partial charge in [-0.05, 0) is 43.1 Å². The molecule has 112 valence electrons. The number of carbonyl (C=O) groups excluding carboxylic acids is 1. The van der Waals surface area contributed by atoms with Crippen molar-refractivity contribution in [3.05, 3.63) is 29.3 Å². The van der Waals surface area contributed by atoms with Crippen LogP contribution >= 0.6 is 0 Å². The fourth-order valence-corrected chi connectivity index (χ4v) is 2.20. The second-order valence-electron chi connectivity index (χ2n) is 5.17. The minimum atomic E-state index is -0.323. The van der Waals surface area contributed by atoms with E-state index < -0.39 is 0 Å². The molecule has 0 fully saturated rings. The average molecular weight is 279 g/mol. The maximum Gasteiger partial charge on any atom is 0.322 e. The summed E-state index contributed by atoms with van der Waals surface area (Å²) >= 11 is 0. The van der Waals surface area contributed by atoms with Gasteiger partial charge in [-0.3, -0.25) is 4.79 Å². The Morgan fingerprint density at radius 1 is 1.35 bits per heavy atom. The van der Waals surface area contributed by atoms with Gasteiger partial charge in [0, 0.05) is 6.42 Å². The summed E-state index contributed by atoms with van der Waals surface area (Å²) in [6.07, 6.45) is 0.578. The Bertz CT molecular complexity index is 443. The highest BCUT2D eigenvalue weighted by molar-refractivity contribution is 5.75. The van der Waals surface area contributed by atoms with Crippen molar-refractivity contribution in [1.82, 2.24) is 5.32 Å². The molecule has 4 nitrogen and oxygen atoms in total. The van der Waals surface area contributed by atoms with Crippen LogP contribution in [0.25, 0.3) is 0 Å². The topological polar surface area (TPSA) is 47.6 Å². The number of nitrogens with one attached hydrogen (secondary N) is 1. The highest BCUT2D eigenvalue weighted by Crippen LogP contribution is 2.23. The zero-order valence-electron chi connectivity index (χ0n) is 13.0. The second kappa shape index (κ2) is 7.90. The number of rotatable bonds is 7. The Morgan fingerprint density at radius 3 is 2.55 bits per heavy atom. The molecule has 0 saturated heterocycles. The van der Waals surface area contributed by atoms with Crippen molar-refractivity contribution in [3.63, 3.8) is 0 Å². The molecule has 0 saturated carbocycles. The standard InChI is InChI=1S/C16H25NO3/c1-11(2)14-7-6-13(10-12(14)3)20-9-8-15(17-4)16(18)19-5/h6-7,10-11,15,17H,8-9H2,1-5H3. The highest BCUT2D eigenvalue weighted by atomic mass is 16.5. The molecule has 0 aliphatic rings. The molecule has 1 aromatic rings. The maximum absolute atomic E-state index is 11.4. The number of ether oxygens (including phenoxy) is 2. The predicted molar refractivity (Wildman–Crippen MR) is 80.2 cm³/mol. The van der Waals surface area contributed by atoms with Gasteiger partial charge in [-0.2, -0.15) is 0 Å². The summed E-state index contributed by atoms with van der Waals surface area (Å²) < 4.78 is 10.4. The lowest BCUT2D eigenvalue weighted by atomic mass is 9.98. The molecule has 0 spiro atoms. The number of methoxy groups -OCH3 is 1. The molecule has 4 heteroatoms. The zero-order valence-corrected chi connectivity index (χ0v) is 13.0. The molecule has 0 amide bonds. The Labute approximate surface area is 121 Å². The van der Waals surface area contributed by atoms with Gasteiger partial charge >= 0.3 is 5.97 Å². The van der Waals surface area contributed by atoms with Gasteiger partial charge in [0.1, 0.15) is 11.8 Å². The van der Waals surface area contributed by atoms with E-state index in [9.17, 15) is 4.79 Å². The van der Waals surface area contributed by atoms with Gasteiger partial charge < -0.3 is 14.8 Å². The van der Waals surface area contributed by atoms with Crippen molar-refractivity contribution in [1.29, 1.82) is 0 Å². The highest BCUT2D eigenvalue weighted by Gasteiger charge is 2.16. The monoisotopic (exact) mass is 279 g/mol. The van der Waals surface area contributed by atoms with Gasteiger partial charge in [-0.25, -0.2) is 0 Å². The van der Waals surface area contributed by atoms with Crippen LogP contribution < -0.4 is 10.1 Å². The van der Waals surface area contributed by atoms with Crippen LogP contribution in [-0.2, 0) is 9.53 Å². The van der Waals surface area contributed by atoms with Gasteiger partial charge in [0.15, 0.2) is 0 Å². The van der Waals surface area contributed by atoms with Crippen LogP contribution in [0.2, 0.25) is 0 Å². The molecule has 1 aromatic carbocycles. The van der Waals surface area contributed by atoms with Crippen LogP contribution in [0.5, 0.6) is 5.75 Å². The molecule has 0 heterocycles. The van der Waals surface area contributed by atoms with E-state index in [0.29, 0.717) is 18.9 Å². The van der Waals surface area contributed by atoms with Crippen molar-refractivity contribution in [3.8, 4) is 5.75 Å². The van der Waals surface area contributed by atoms with Gasteiger partial charge in [0.25, 0.3) is 0 Å². The van der Waals surface area contributed by atoms with Crippen LogP contribution in [-0.4, -0.2) is 32.8 Å². The Hall–Kier alpha value is -1.55. The summed E-state index contributed by atoms with van der Waals surface area (Å²) in [4.78, 5) is 11.4. The normalized spacial score (nSPS) is 12.3. The summed E-state index contributed by atoms with van der Waals surface area (Å²) in [5.41, 5.74) is 2.57. The third kappa shape index (κ3) is 4.53. The minimum Gasteiger partial charge on any atom is -0.494 e. The number of benzene rings is 1. The number of aryl methyl sites for hydroxylation is 1. The first-order valence-corrected chi connectivity index (χ1v) is 6.98. The summed E-state index contributed by atoms with van der Waals surface area (Å²) in [6, 6.07) is 5.80. The molecule has 0 radical (unpaired) electrons. The largest absolute Gasteiger partial charge is 0.494 e. The molecular formula is C16H25NO3. The number of esters is 1. The number of carbonyl (C=O) groups is 1. The maximum atomic E-state index is 11.4. The second-order valence-corrected chi connectivity index (χ2v) is 5.17. The molecule has 1 N–H and O–H groups in total. The van der Waals surface area contributed by atoms with Crippen molar-refractivity contribution in [2.45, 2.75) is 39.2 Å². The lowest BCUT2D eigenvalue weighted by molar-refractivity contribution is -0.143. The lowest BCUT2D eigenvalue weighted by Gasteiger charge is -2.15. The summed E-state index contributed by atoms with van der Waals surface area (Å²) in [5.74, 6) is 1.09. The van der Waals surface area contributed by atoms with E-state index in [1.54, 1.807) is 7.05 Å². The first-order valence-electron chi connectivity index (χ1n) is 6.98. The van der Waals surface area contributed by atoms with Crippen LogP contribution in [0.15, 0.2) is 18.2 Å². The van der Waals surface area contributed by atoms with Gasteiger partial charge in [-0.1, -0.05) is 19.9 Å². The van der Waals surface area contributed by atoms with Crippen molar-refractivity contribution in [2.24, 2.45) is 0 Å². The van der Waals surface area contributed by atoms with Crippen molar-refractivity contribution >= 4 is 5.97 Å². The smallest absolute Gasteiger partial charge is 0.322 e. The van der Waals surface area contributed by atoms with Crippen molar-refractivity contribution in [2.75, 3.05) is 20.8 Å². The van der Waals surface area contributed by atoms with E-state index in [1.165, 1.54) is 18.2 Å². The van der Waals surface area contributed by atoms with Crippen LogP contribution in [0.3, 0.4) is 0 Å². The summed E-state index contributed by atoms with van der Waals surface area (Å²) in [7, 11) is 3.13. The van der Waals surface area contributed by atoms with Gasteiger partial charge in [0.2, 0.25) is 0 Å². The quantitative estimate of drug-likeness (QED) is 0.780. The van der Waals surface area contributed by atoms with E-state index in [-0.39, 0.29) is 12.0 Å². The van der Waals surface area contributed by atoms with E-state index in [2.05, 4.69) is 32.2 Å². The van der Waals surface area contributed by atoms with E-state index in [0.717, 1.165) is 5.75 Å². The molecule has 0 aromatic heterocycles. The number of hydrogen-bond donors (Lipinski definition) is 1. The molecule has 0 bridgehead atoms. The van der Waals surface area contributed by atoms with E-state index in [4.69, 9.17) is 9.47 Å². The lowest BCUT2D eigenvalue weighted by Crippen LogP contribution is -2.36. The summed E-state index contributed by atoms with van der Waals surface area (Å²) in [6.45, 7) is 6.92. The van der Waals surface area contributed by atoms with Crippen molar-refractivity contribution < 1.29 is 14.3 Å². The fourth-order valence-electron chi connectivity index (χ4n) is 2.20. The first kappa shape index (κ1) is 16.5. The van der Waals surface area contributed by atoms with Gasteiger partial charge in [0.05, 0.1) is 13.7 Å². The number of hydrogen-bond acceptors (Lipinski definition) is 4. The molecule has 20 heavy (non-hydrogen) atoms. The van der Waals surface area contributed by atoms with Crippen LogP contribution in [0, 0.1) is 6.92 Å². The number of likely N-dealkylation sites (N-methyl/N-ethyl adjacent to an activating group) is 1.